The summed E-state index contributed by atoms with van der Waals surface area (Å²) in [5.74, 6) is 0. The highest BCUT2D eigenvalue weighted by molar-refractivity contribution is 6.34. The van der Waals surface area contributed by atoms with Crippen molar-refractivity contribution >= 4 is 29.4 Å². The van der Waals surface area contributed by atoms with Gasteiger partial charge in [0.25, 0.3) is 0 Å². The third kappa shape index (κ3) is 4.04. The monoisotopic (exact) mass is 324 g/mol. The van der Waals surface area contributed by atoms with Gasteiger partial charge in [-0.3, -0.25) is 0 Å². The highest BCUT2D eigenvalue weighted by atomic mass is 35.5. The van der Waals surface area contributed by atoms with Crippen LogP contribution in [0.3, 0.4) is 0 Å². The fraction of sp³-hybridized carbons (Fsp3) is 0.467. The number of hydrogen-bond donors (Lipinski definition) is 3. The molecular formula is C15H21ClN4O2. The van der Waals surface area contributed by atoms with Crippen LogP contribution in [0.4, 0.5) is 15.3 Å². The van der Waals surface area contributed by atoms with Crippen molar-refractivity contribution in [2.45, 2.75) is 26.3 Å². The number of rotatable bonds is 3. The maximum atomic E-state index is 12.0. The molecule has 0 bridgehead atoms. The van der Waals surface area contributed by atoms with Crippen LogP contribution in [0.5, 0.6) is 0 Å². The standard InChI is InChI=1S/C15H21ClN4O2/c1-3-17-15(22)20-8-7-11(9-20)18-14(21)19-12-6-4-5-10(2)13(12)16/h4-6,11H,3,7-9H2,1-2H3,(H,17,22)(H2,18,19,21). The van der Waals surface area contributed by atoms with E-state index in [0.29, 0.717) is 30.3 Å². The second-order valence-electron chi connectivity index (χ2n) is 5.30. The molecule has 1 aromatic rings. The lowest BCUT2D eigenvalue weighted by atomic mass is 10.2. The van der Waals surface area contributed by atoms with E-state index in [9.17, 15) is 9.59 Å². The van der Waals surface area contributed by atoms with Crippen LogP contribution in [-0.2, 0) is 0 Å². The van der Waals surface area contributed by atoms with E-state index in [0.717, 1.165) is 12.0 Å². The molecule has 4 amide bonds. The topological polar surface area (TPSA) is 73.5 Å². The predicted octanol–water partition coefficient (Wildman–Crippen LogP) is 2.57. The summed E-state index contributed by atoms with van der Waals surface area (Å²) in [6.45, 7) is 5.51. The van der Waals surface area contributed by atoms with E-state index in [2.05, 4.69) is 16.0 Å². The minimum atomic E-state index is -0.310. The first-order chi connectivity index (χ1) is 10.5. The van der Waals surface area contributed by atoms with Crippen molar-refractivity contribution in [1.29, 1.82) is 0 Å². The molecule has 0 aromatic heterocycles. The third-order valence-electron chi connectivity index (χ3n) is 3.58. The normalized spacial score (nSPS) is 17.2. The lowest BCUT2D eigenvalue weighted by Crippen LogP contribution is -2.43. The van der Waals surface area contributed by atoms with Crippen LogP contribution in [0.1, 0.15) is 18.9 Å². The Kier molecular flexibility index (Phi) is 5.49. The number of anilines is 1. The molecule has 1 aromatic carbocycles. The number of urea groups is 2. The summed E-state index contributed by atoms with van der Waals surface area (Å²) in [4.78, 5) is 25.5. The lowest BCUT2D eigenvalue weighted by Gasteiger charge is -2.17. The lowest BCUT2D eigenvalue weighted by molar-refractivity contribution is 0.208. The van der Waals surface area contributed by atoms with Gasteiger partial charge >= 0.3 is 12.1 Å². The molecule has 1 fully saturated rings. The van der Waals surface area contributed by atoms with Gasteiger partial charge in [-0.1, -0.05) is 23.7 Å². The first-order valence-corrected chi connectivity index (χ1v) is 7.74. The van der Waals surface area contributed by atoms with Gasteiger partial charge in [0.15, 0.2) is 0 Å². The number of aryl methyl sites for hydroxylation is 1. The first-order valence-electron chi connectivity index (χ1n) is 7.36. The number of benzene rings is 1. The molecule has 1 atom stereocenters. The van der Waals surface area contributed by atoms with E-state index < -0.39 is 0 Å². The molecule has 1 heterocycles. The van der Waals surface area contributed by atoms with Crippen molar-refractivity contribution in [3.05, 3.63) is 28.8 Å². The zero-order valence-corrected chi connectivity index (χ0v) is 13.5. The van der Waals surface area contributed by atoms with Crippen LogP contribution >= 0.6 is 11.6 Å². The average molecular weight is 325 g/mol. The van der Waals surface area contributed by atoms with Gasteiger partial charge in [-0.05, 0) is 31.9 Å². The summed E-state index contributed by atoms with van der Waals surface area (Å²) < 4.78 is 0. The molecule has 0 aliphatic carbocycles. The molecule has 2 rings (SSSR count). The summed E-state index contributed by atoms with van der Waals surface area (Å²) in [5.41, 5.74) is 1.49. The van der Waals surface area contributed by atoms with Crippen molar-refractivity contribution in [2.24, 2.45) is 0 Å². The Morgan fingerprint density at radius 3 is 2.91 bits per heavy atom. The summed E-state index contributed by atoms with van der Waals surface area (Å²) in [5, 5.41) is 8.91. The second kappa shape index (κ2) is 7.35. The van der Waals surface area contributed by atoms with Gasteiger partial charge in [0.2, 0.25) is 0 Å². The summed E-state index contributed by atoms with van der Waals surface area (Å²) in [7, 11) is 0. The molecule has 3 N–H and O–H groups in total. The van der Waals surface area contributed by atoms with Gasteiger partial charge in [-0.2, -0.15) is 0 Å². The zero-order chi connectivity index (χ0) is 16.1. The molecule has 7 heteroatoms. The molecule has 1 aliphatic heterocycles. The molecule has 1 aliphatic rings. The fourth-order valence-electron chi connectivity index (χ4n) is 2.41. The van der Waals surface area contributed by atoms with Crippen LogP contribution in [0.15, 0.2) is 18.2 Å². The van der Waals surface area contributed by atoms with Crippen molar-refractivity contribution in [1.82, 2.24) is 15.5 Å². The largest absolute Gasteiger partial charge is 0.338 e. The van der Waals surface area contributed by atoms with E-state index in [1.54, 1.807) is 11.0 Å². The summed E-state index contributed by atoms with van der Waals surface area (Å²) in [6.07, 6.45) is 0.742. The average Bonchev–Trinajstić information content (AvgIpc) is 2.92. The molecule has 0 spiro atoms. The Balaban J connectivity index is 1.86. The van der Waals surface area contributed by atoms with E-state index in [4.69, 9.17) is 11.6 Å². The summed E-state index contributed by atoms with van der Waals surface area (Å²) in [6, 6.07) is 5.02. The Labute approximate surface area is 135 Å². The number of hydrogen-bond acceptors (Lipinski definition) is 2. The minimum absolute atomic E-state index is 0.0498. The number of nitrogens with one attached hydrogen (secondary N) is 3. The second-order valence-corrected chi connectivity index (χ2v) is 5.68. The highest BCUT2D eigenvalue weighted by Gasteiger charge is 2.27. The van der Waals surface area contributed by atoms with E-state index >= 15 is 0 Å². The van der Waals surface area contributed by atoms with Crippen LogP contribution in [-0.4, -0.2) is 42.6 Å². The molecule has 120 valence electrons. The fourth-order valence-corrected chi connectivity index (χ4v) is 2.59. The van der Waals surface area contributed by atoms with Gasteiger partial charge in [0.05, 0.1) is 10.7 Å². The quantitative estimate of drug-likeness (QED) is 0.799. The van der Waals surface area contributed by atoms with E-state index in [-0.39, 0.29) is 18.1 Å². The smallest absolute Gasteiger partial charge is 0.319 e. The predicted molar refractivity (Wildman–Crippen MR) is 87.4 cm³/mol. The van der Waals surface area contributed by atoms with Gasteiger partial charge in [-0.15, -0.1) is 0 Å². The minimum Gasteiger partial charge on any atom is -0.338 e. The van der Waals surface area contributed by atoms with Crippen LogP contribution < -0.4 is 16.0 Å². The number of carbonyl (C=O) groups excluding carboxylic acids is 2. The Bertz CT molecular complexity index is 564. The van der Waals surface area contributed by atoms with Crippen molar-refractivity contribution in [3.8, 4) is 0 Å². The highest BCUT2D eigenvalue weighted by Crippen LogP contribution is 2.25. The van der Waals surface area contributed by atoms with Crippen LogP contribution in [0, 0.1) is 6.92 Å². The van der Waals surface area contributed by atoms with Gasteiger partial charge in [0.1, 0.15) is 0 Å². The van der Waals surface area contributed by atoms with Crippen molar-refractivity contribution in [2.75, 3.05) is 25.0 Å². The van der Waals surface area contributed by atoms with E-state index in [1.807, 2.05) is 26.0 Å². The third-order valence-corrected chi connectivity index (χ3v) is 4.08. The Hall–Kier alpha value is -1.95. The molecule has 1 unspecified atom stereocenters. The molecule has 6 nitrogen and oxygen atoms in total. The van der Waals surface area contributed by atoms with Gasteiger partial charge in [-0.25, -0.2) is 9.59 Å². The summed E-state index contributed by atoms with van der Waals surface area (Å²) >= 11 is 6.15. The maximum Gasteiger partial charge on any atom is 0.319 e. The molecular weight excluding hydrogens is 304 g/mol. The Morgan fingerprint density at radius 1 is 1.41 bits per heavy atom. The number of nitrogens with zero attached hydrogens (tertiary/aromatic N) is 1. The maximum absolute atomic E-state index is 12.0. The van der Waals surface area contributed by atoms with Crippen molar-refractivity contribution in [3.63, 3.8) is 0 Å². The zero-order valence-electron chi connectivity index (χ0n) is 12.8. The van der Waals surface area contributed by atoms with Gasteiger partial charge < -0.3 is 20.9 Å². The Morgan fingerprint density at radius 2 is 2.18 bits per heavy atom. The number of likely N-dealkylation sites (tertiary alicyclic amines) is 1. The van der Waals surface area contributed by atoms with Gasteiger partial charge in [0, 0.05) is 25.7 Å². The molecule has 22 heavy (non-hydrogen) atoms. The molecule has 1 saturated heterocycles. The number of amides is 4. The van der Waals surface area contributed by atoms with Crippen LogP contribution in [0.2, 0.25) is 5.02 Å². The van der Waals surface area contributed by atoms with Crippen molar-refractivity contribution < 1.29 is 9.59 Å². The number of halogens is 1. The van der Waals surface area contributed by atoms with Crippen LogP contribution in [0.25, 0.3) is 0 Å². The van der Waals surface area contributed by atoms with E-state index in [1.165, 1.54) is 0 Å². The SMILES string of the molecule is CCNC(=O)N1CCC(NC(=O)Nc2cccc(C)c2Cl)C1. The number of carbonyl (C=O) groups is 2. The molecule has 0 saturated carbocycles. The first kappa shape index (κ1) is 16.4. The molecule has 0 radical (unpaired) electrons.